The van der Waals surface area contributed by atoms with E-state index in [1.54, 1.807) is 4.90 Å². The van der Waals surface area contributed by atoms with Crippen molar-refractivity contribution in [2.75, 3.05) is 6.54 Å². The van der Waals surface area contributed by atoms with Crippen LogP contribution in [0.15, 0.2) is 0 Å². The van der Waals surface area contributed by atoms with Gasteiger partial charge in [0.05, 0.1) is 0 Å². The molecule has 0 saturated heterocycles. The Labute approximate surface area is 117 Å². The van der Waals surface area contributed by atoms with Crippen LogP contribution in [0.25, 0.3) is 0 Å². The van der Waals surface area contributed by atoms with Gasteiger partial charge in [0.15, 0.2) is 0 Å². The van der Waals surface area contributed by atoms with Crippen LogP contribution >= 0.6 is 0 Å². The fourth-order valence-electron chi connectivity index (χ4n) is 2.88. The van der Waals surface area contributed by atoms with Gasteiger partial charge in [-0.05, 0) is 52.4 Å². The Morgan fingerprint density at radius 1 is 1.26 bits per heavy atom. The van der Waals surface area contributed by atoms with Gasteiger partial charge in [0.1, 0.15) is 0 Å². The van der Waals surface area contributed by atoms with E-state index < -0.39 is 6.09 Å². The van der Waals surface area contributed by atoms with Crippen molar-refractivity contribution in [3.8, 4) is 0 Å². The van der Waals surface area contributed by atoms with Gasteiger partial charge in [-0.25, -0.2) is 4.79 Å². The molecule has 1 amide bonds. The monoisotopic (exact) mass is 270 g/mol. The Hall–Kier alpha value is -0.770. The molecule has 1 aliphatic rings. The molecule has 0 bridgehead atoms. The lowest BCUT2D eigenvalue weighted by molar-refractivity contribution is 0.0811. The molecule has 112 valence electrons. The SMILES string of the molecule is CC(C)NC1CCC(CN(C(=O)O)C(C)(C)C)CC1. The minimum absolute atomic E-state index is 0.307. The van der Waals surface area contributed by atoms with Crippen LogP contribution in [-0.2, 0) is 0 Å². The van der Waals surface area contributed by atoms with Crippen molar-refractivity contribution in [2.45, 2.75) is 77.9 Å². The number of rotatable bonds is 4. The van der Waals surface area contributed by atoms with E-state index in [0.29, 0.717) is 24.5 Å². The van der Waals surface area contributed by atoms with Crippen LogP contribution in [0.5, 0.6) is 0 Å². The molecule has 0 heterocycles. The molecule has 1 aliphatic carbocycles. The molecule has 1 fully saturated rings. The minimum Gasteiger partial charge on any atom is -0.465 e. The minimum atomic E-state index is -0.796. The average Bonchev–Trinajstić information content (AvgIpc) is 2.25. The summed E-state index contributed by atoms with van der Waals surface area (Å²) in [6, 6.07) is 1.15. The first-order chi connectivity index (χ1) is 8.70. The predicted octanol–water partition coefficient (Wildman–Crippen LogP) is 3.32. The summed E-state index contributed by atoms with van der Waals surface area (Å²) in [4.78, 5) is 12.9. The van der Waals surface area contributed by atoms with E-state index in [4.69, 9.17) is 0 Å². The van der Waals surface area contributed by atoms with Gasteiger partial charge in [-0.2, -0.15) is 0 Å². The lowest BCUT2D eigenvalue weighted by Gasteiger charge is -2.38. The standard InChI is InChI=1S/C15H30N2O2/c1-11(2)16-13-8-6-12(7-9-13)10-17(14(18)19)15(3,4)5/h11-13,16H,6-10H2,1-5H3,(H,18,19). The summed E-state index contributed by atoms with van der Waals surface area (Å²) >= 11 is 0. The number of hydrogen-bond donors (Lipinski definition) is 2. The molecule has 0 aromatic heterocycles. The molecule has 0 atom stereocenters. The molecule has 4 heteroatoms. The van der Waals surface area contributed by atoms with Gasteiger partial charge in [0.25, 0.3) is 0 Å². The molecule has 0 aromatic carbocycles. The second kappa shape index (κ2) is 6.60. The normalized spacial score (nSPS) is 24.5. The molecule has 1 rings (SSSR count). The Morgan fingerprint density at radius 2 is 1.79 bits per heavy atom. The van der Waals surface area contributed by atoms with Gasteiger partial charge in [-0.3, -0.25) is 0 Å². The quantitative estimate of drug-likeness (QED) is 0.824. The summed E-state index contributed by atoms with van der Waals surface area (Å²) in [6.45, 7) is 10.9. The third-order valence-electron chi connectivity index (χ3n) is 3.90. The lowest BCUT2D eigenvalue weighted by Crippen LogP contribution is -2.48. The van der Waals surface area contributed by atoms with Crippen LogP contribution in [0.1, 0.15) is 60.3 Å². The number of carbonyl (C=O) groups is 1. The van der Waals surface area contributed by atoms with Crippen LogP contribution in [0, 0.1) is 5.92 Å². The second-order valence-electron chi connectivity index (χ2n) is 7.10. The molecule has 0 radical (unpaired) electrons. The van der Waals surface area contributed by atoms with Crippen LogP contribution in [-0.4, -0.2) is 40.3 Å². The number of amides is 1. The molecule has 0 aliphatic heterocycles. The van der Waals surface area contributed by atoms with E-state index in [9.17, 15) is 9.90 Å². The molecule has 1 saturated carbocycles. The van der Waals surface area contributed by atoms with Gasteiger partial charge in [-0.15, -0.1) is 0 Å². The van der Waals surface area contributed by atoms with Crippen molar-refractivity contribution >= 4 is 6.09 Å². The zero-order chi connectivity index (χ0) is 14.6. The zero-order valence-electron chi connectivity index (χ0n) is 13.1. The zero-order valence-corrected chi connectivity index (χ0v) is 13.1. The Morgan fingerprint density at radius 3 is 2.16 bits per heavy atom. The molecule has 0 aromatic rings. The maximum Gasteiger partial charge on any atom is 0.407 e. The average molecular weight is 270 g/mol. The molecular weight excluding hydrogens is 240 g/mol. The molecule has 0 spiro atoms. The summed E-state index contributed by atoms with van der Waals surface area (Å²) in [7, 11) is 0. The Balaban J connectivity index is 2.45. The topological polar surface area (TPSA) is 52.6 Å². The highest BCUT2D eigenvalue weighted by Crippen LogP contribution is 2.27. The first-order valence-electron chi connectivity index (χ1n) is 7.46. The number of carboxylic acid groups (broad SMARTS) is 1. The molecule has 0 unspecified atom stereocenters. The largest absolute Gasteiger partial charge is 0.465 e. The predicted molar refractivity (Wildman–Crippen MR) is 78.5 cm³/mol. The maximum atomic E-state index is 11.3. The fourth-order valence-corrected chi connectivity index (χ4v) is 2.88. The van der Waals surface area contributed by atoms with Gasteiger partial charge in [-0.1, -0.05) is 13.8 Å². The van der Waals surface area contributed by atoms with Crippen molar-refractivity contribution in [1.29, 1.82) is 0 Å². The van der Waals surface area contributed by atoms with E-state index in [0.717, 1.165) is 12.8 Å². The summed E-state index contributed by atoms with van der Waals surface area (Å²) in [5, 5.41) is 12.9. The van der Waals surface area contributed by atoms with Gasteiger partial charge in [0.2, 0.25) is 0 Å². The van der Waals surface area contributed by atoms with Gasteiger partial charge >= 0.3 is 6.09 Å². The number of nitrogens with one attached hydrogen (secondary N) is 1. The maximum absolute atomic E-state index is 11.3. The molecule has 4 nitrogen and oxygen atoms in total. The first-order valence-corrected chi connectivity index (χ1v) is 7.46. The summed E-state index contributed by atoms with van der Waals surface area (Å²) in [6.07, 6.45) is 3.80. The lowest BCUT2D eigenvalue weighted by atomic mass is 9.85. The molecule has 2 N–H and O–H groups in total. The van der Waals surface area contributed by atoms with Crippen LogP contribution in [0.2, 0.25) is 0 Å². The van der Waals surface area contributed by atoms with Crippen molar-refractivity contribution < 1.29 is 9.90 Å². The highest BCUT2D eigenvalue weighted by atomic mass is 16.4. The van der Waals surface area contributed by atoms with Crippen LogP contribution in [0.4, 0.5) is 4.79 Å². The van der Waals surface area contributed by atoms with Gasteiger partial charge < -0.3 is 15.3 Å². The molecular formula is C15H30N2O2. The summed E-state index contributed by atoms with van der Waals surface area (Å²) < 4.78 is 0. The van der Waals surface area contributed by atoms with E-state index >= 15 is 0 Å². The highest BCUT2D eigenvalue weighted by molar-refractivity contribution is 5.66. The van der Waals surface area contributed by atoms with E-state index in [2.05, 4.69) is 19.2 Å². The van der Waals surface area contributed by atoms with Gasteiger partial charge in [0, 0.05) is 24.2 Å². The first kappa shape index (κ1) is 16.3. The van der Waals surface area contributed by atoms with E-state index in [1.807, 2.05) is 20.8 Å². The molecule has 19 heavy (non-hydrogen) atoms. The fraction of sp³-hybridized carbons (Fsp3) is 0.933. The van der Waals surface area contributed by atoms with E-state index in [-0.39, 0.29) is 5.54 Å². The van der Waals surface area contributed by atoms with Crippen molar-refractivity contribution in [3.63, 3.8) is 0 Å². The van der Waals surface area contributed by atoms with Crippen LogP contribution in [0.3, 0.4) is 0 Å². The second-order valence-corrected chi connectivity index (χ2v) is 7.10. The van der Waals surface area contributed by atoms with E-state index in [1.165, 1.54) is 12.8 Å². The highest BCUT2D eigenvalue weighted by Gasteiger charge is 2.30. The van der Waals surface area contributed by atoms with Crippen LogP contribution < -0.4 is 5.32 Å². The van der Waals surface area contributed by atoms with Crippen molar-refractivity contribution in [1.82, 2.24) is 10.2 Å². The number of hydrogen-bond acceptors (Lipinski definition) is 2. The van der Waals surface area contributed by atoms with Crippen molar-refractivity contribution in [3.05, 3.63) is 0 Å². The third kappa shape index (κ3) is 5.39. The Kier molecular flexibility index (Phi) is 5.65. The third-order valence-corrected chi connectivity index (χ3v) is 3.90. The smallest absolute Gasteiger partial charge is 0.407 e. The number of nitrogens with zero attached hydrogens (tertiary/aromatic N) is 1. The summed E-state index contributed by atoms with van der Waals surface area (Å²) in [5.74, 6) is 0.514. The summed E-state index contributed by atoms with van der Waals surface area (Å²) in [5.41, 5.74) is -0.307. The van der Waals surface area contributed by atoms with Crippen molar-refractivity contribution in [2.24, 2.45) is 5.92 Å². The Bertz CT molecular complexity index is 289.